The van der Waals surface area contributed by atoms with Crippen LogP contribution in [0.4, 0.5) is 27.2 Å². The standard InChI is InChI=1S/C36H60F4N6O6/c1-18(2)28-30-20(10-11-41-28)31(51-17-26(39)40)24(47)16-50-25-9-7-8-22(37)27(25)29-23(38)14-21-32(43-34(48)46(30)33(21)42-29)45-13-12-44(15-19(45)3)35(49)52-36(4,5)6/h18-33,41-42,47H,7-17H2,1-6H3,(H,43,48)/t19-,20?,21?,22?,23?,24?,25?,27?,28?,29?,30?,31?,32?,33?/m0/s1. The molecule has 1 aliphatic carbocycles. The third kappa shape index (κ3) is 8.17. The Morgan fingerprint density at radius 2 is 1.83 bits per heavy atom. The number of carbonyl (C=O) groups is 2. The Hall–Kier alpha value is -1.98. The number of piperidine rings is 2. The van der Waals surface area contributed by atoms with Gasteiger partial charge in [-0.15, -0.1) is 0 Å². The topological polar surface area (TPSA) is 128 Å². The summed E-state index contributed by atoms with van der Waals surface area (Å²) in [6.07, 6.45) is -8.95. The lowest BCUT2D eigenvalue weighted by molar-refractivity contribution is -0.173. The van der Waals surface area contributed by atoms with Crippen LogP contribution < -0.4 is 16.0 Å². The predicted octanol–water partition coefficient (Wildman–Crippen LogP) is 3.47. The third-order valence-electron chi connectivity index (χ3n) is 12.2. The molecule has 0 spiro atoms. The number of nitrogens with zero attached hydrogens (tertiary/aromatic N) is 3. The number of piperazine rings is 1. The number of fused-ring (bicyclic) bond motifs is 5. The van der Waals surface area contributed by atoms with Crippen molar-refractivity contribution < 1.29 is 46.5 Å². The summed E-state index contributed by atoms with van der Waals surface area (Å²) in [7, 11) is 0. The van der Waals surface area contributed by atoms with Crippen molar-refractivity contribution in [1.82, 2.24) is 30.7 Å². The minimum atomic E-state index is -2.78. The summed E-state index contributed by atoms with van der Waals surface area (Å²) in [5.41, 5.74) is -0.660. The maximum atomic E-state index is 16.8. The van der Waals surface area contributed by atoms with Gasteiger partial charge in [-0.2, -0.15) is 0 Å². The van der Waals surface area contributed by atoms with Gasteiger partial charge in [0.05, 0.1) is 37.2 Å². The van der Waals surface area contributed by atoms with E-state index in [2.05, 4.69) is 20.9 Å². The van der Waals surface area contributed by atoms with Crippen LogP contribution in [0.1, 0.15) is 73.6 Å². The number of urea groups is 1. The summed E-state index contributed by atoms with van der Waals surface area (Å²) in [6, 6.07) is -2.60. The molecular weight excluding hydrogens is 688 g/mol. The van der Waals surface area contributed by atoms with Crippen molar-refractivity contribution in [1.29, 1.82) is 0 Å². The Bertz CT molecular complexity index is 1250. The number of rotatable bonds is 5. The van der Waals surface area contributed by atoms with Gasteiger partial charge in [0.2, 0.25) is 0 Å². The van der Waals surface area contributed by atoms with Crippen molar-refractivity contribution in [2.45, 2.75) is 153 Å². The van der Waals surface area contributed by atoms with Crippen molar-refractivity contribution in [3.63, 3.8) is 0 Å². The summed E-state index contributed by atoms with van der Waals surface area (Å²) in [5, 5.41) is 21.9. The first-order valence-corrected chi connectivity index (χ1v) is 19.3. The van der Waals surface area contributed by atoms with E-state index < -0.39 is 104 Å². The zero-order valence-corrected chi connectivity index (χ0v) is 31.4. The first-order valence-electron chi connectivity index (χ1n) is 19.3. The monoisotopic (exact) mass is 748 g/mol. The lowest BCUT2D eigenvalue weighted by Crippen LogP contribution is -2.80. The number of halogens is 4. The van der Waals surface area contributed by atoms with Crippen LogP contribution in [0.15, 0.2) is 0 Å². The molecule has 16 heteroatoms. The van der Waals surface area contributed by atoms with Gasteiger partial charge in [0, 0.05) is 55.5 Å². The molecule has 5 heterocycles. The average Bonchev–Trinajstić information content (AvgIpc) is 3.06. The van der Waals surface area contributed by atoms with Gasteiger partial charge in [0.1, 0.15) is 30.7 Å². The fourth-order valence-electron chi connectivity index (χ4n) is 10.0. The molecule has 1 saturated carbocycles. The maximum absolute atomic E-state index is 16.8. The molecule has 14 atom stereocenters. The van der Waals surface area contributed by atoms with Gasteiger partial charge in [-0.3, -0.25) is 10.2 Å². The number of aliphatic hydroxyl groups is 1. The van der Waals surface area contributed by atoms with E-state index >= 15 is 8.78 Å². The molecule has 4 N–H and O–H groups in total. The van der Waals surface area contributed by atoms with Crippen molar-refractivity contribution in [3.05, 3.63) is 0 Å². The molecule has 2 bridgehead atoms. The number of carbonyl (C=O) groups excluding carboxylic acids is 2. The number of hydrogen-bond donors (Lipinski definition) is 4. The van der Waals surface area contributed by atoms with Gasteiger partial charge in [-0.05, 0) is 72.3 Å². The summed E-state index contributed by atoms with van der Waals surface area (Å²) in [4.78, 5) is 33.1. The number of ether oxygens (including phenoxy) is 3. The number of nitrogens with one attached hydrogen (secondary N) is 3. The minimum Gasteiger partial charge on any atom is -0.444 e. The van der Waals surface area contributed by atoms with Crippen LogP contribution in [0.2, 0.25) is 0 Å². The summed E-state index contributed by atoms with van der Waals surface area (Å²) < 4.78 is 77.8. The minimum absolute atomic E-state index is 0.0268. The second-order valence-corrected chi connectivity index (χ2v) is 17.2. The highest BCUT2D eigenvalue weighted by Crippen LogP contribution is 2.44. The second-order valence-electron chi connectivity index (χ2n) is 17.2. The fraction of sp³-hybridized carbons (Fsp3) is 0.944. The molecule has 0 aromatic heterocycles. The predicted molar refractivity (Wildman–Crippen MR) is 184 cm³/mol. The Morgan fingerprint density at radius 3 is 2.50 bits per heavy atom. The molecule has 13 unspecified atom stereocenters. The van der Waals surface area contributed by atoms with Crippen LogP contribution in [0.5, 0.6) is 0 Å². The molecule has 6 aliphatic rings. The first-order chi connectivity index (χ1) is 24.6. The zero-order valence-electron chi connectivity index (χ0n) is 31.4. The molecule has 298 valence electrons. The van der Waals surface area contributed by atoms with Crippen LogP contribution in [0, 0.1) is 23.7 Å². The smallest absolute Gasteiger partial charge is 0.410 e. The molecule has 6 fully saturated rings. The van der Waals surface area contributed by atoms with E-state index in [9.17, 15) is 23.5 Å². The van der Waals surface area contributed by atoms with E-state index in [1.807, 2.05) is 41.5 Å². The number of aliphatic hydroxyl groups excluding tert-OH is 1. The highest BCUT2D eigenvalue weighted by molar-refractivity contribution is 5.77. The third-order valence-corrected chi connectivity index (χ3v) is 12.2. The number of alkyl halides is 4. The van der Waals surface area contributed by atoms with Crippen LogP contribution in [0.25, 0.3) is 0 Å². The maximum Gasteiger partial charge on any atom is 0.410 e. The van der Waals surface area contributed by atoms with Crippen molar-refractivity contribution in [2.24, 2.45) is 23.7 Å². The van der Waals surface area contributed by atoms with Gasteiger partial charge in [-0.25, -0.2) is 27.2 Å². The van der Waals surface area contributed by atoms with E-state index in [0.717, 1.165) is 0 Å². The molecular formula is C36H60F4N6O6. The molecule has 0 radical (unpaired) electrons. The SMILES string of the molecule is CC(C)C1NCCC2C(OCC(F)F)C(O)COC3CCCC(F)C3C3NC4C(CC3F)C(N3CCN(C(=O)OC(C)(C)C)C[C@@H]3C)NC(=O)N4C21. The summed E-state index contributed by atoms with van der Waals surface area (Å²) in [5.74, 6) is -2.01. The second kappa shape index (κ2) is 16.0. The van der Waals surface area contributed by atoms with Gasteiger partial charge in [-0.1, -0.05) is 13.8 Å². The zero-order chi connectivity index (χ0) is 37.6. The molecule has 5 saturated heterocycles. The lowest BCUT2D eigenvalue weighted by atomic mass is 9.71. The Balaban J connectivity index is 1.39. The molecule has 0 aromatic carbocycles. The molecule has 5 aliphatic heterocycles. The van der Waals surface area contributed by atoms with Gasteiger partial charge < -0.3 is 39.8 Å². The van der Waals surface area contributed by atoms with Crippen molar-refractivity contribution in [2.75, 3.05) is 39.4 Å². The molecule has 3 amide bonds. The molecule has 0 aromatic rings. The molecule has 52 heavy (non-hydrogen) atoms. The first kappa shape index (κ1) is 39.7. The van der Waals surface area contributed by atoms with Gasteiger partial charge in [0.15, 0.2) is 0 Å². The van der Waals surface area contributed by atoms with Crippen LogP contribution >= 0.6 is 0 Å². The largest absolute Gasteiger partial charge is 0.444 e. The Labute approximate surface area is 305 Å². The molecule has 6 rings (SSSR count). The highest BCUT2D eigenvalue weighted by atomic mass is 19.3. The van der Waals surface area contributed by atoms with Gasteiger partial charge >= 0.3 is 12.1 Å². The van der Waals surface area contributed by atoms with Crippen LogP contribution in [0.3, 0.4) is 0 Å². The summed E-state index contributed by atoms with van der Waals surface area (Å²) >= 11 is 0. The van der Waals surface area contributed by atoms with E-state index in [1.54, 1.807) is 9.80 Å². The van der Waals surface area contributed by atoms with E-state index in [0.29, 0.717) is 45.4 Å². The summed E-state index contributed by atoms with van der Waals surface area (Å²) in [6.45, 7) is 11.8. The Kier molecular flexibility index (Phi) is 12.2. The number of hydrogen-bond acceptors (Lipinski definition) is 9. The van der Waals surface area contributed by atoms with Crippen molar-refractivity contribution >= 4 is 12.1 Å². The van der Waals surface area contributed by atoms with Crippen LogP contribution in [-0.2, 0) is 14.2 Å². The quantitative estimate of drug-likeness (QED) is 0.313. The van der Waals surface area contributed by atoms with Crippen LogP contribution in [-0.4, -0.2) is 151 Å². The van der Waals surface area contributed by atoms with E-state index in [-0.39, 0.29) is 37.5 Å². The van der Waals surface area contributed by atoms with E-state index in [4.69, 9.17) is 14.2 Å². The average molecular weight is 749 g/mol. The molecule has 12 nitrogen and oxygen atoms in total. The Morgan fingerprint density at radius 1 is 1.08 bits per heavy atom. The fourth-order valence-corrected chi connectivity index (χ4v) is 10.0. The lowest BCUT2D eigenvalue weighted by Gasteiger charge is -2.61. The van der Waals surface area contributed by atoms with Crippen molar-refractivity contribution in [3.8, 4) is 0 Å². The van der Waals surface area contributed by atoms with E-state index in [1.165, 1.54) is 0 Å². The normalized spacial score (nSPS) is 42.1. The number of amides is 3. The van der Waals surface area contributed by atoms with Gasteiger partial charge in [0.25, 0.3) is 6.43 Å². The highest BCUT2D eigenvalue weighted by Gasteiger charge is 2.59.